The van der Waals surface area contributed by atoms with Crippen LogP contribution in [0.15, 0.2) is 30.2 Å². The van der Waals surface area contributed by atoms with Crippen LogP contribution in [0.5, 0.6) is 0 Å². The minimum atomic E-state index is 0.706. The van der Waals surface area contributed by atoms with Gasteiger partial charge < -0.3 is 5.73 Å². The largest absolute Gasteiger partial charge is 0.402 e. The monoisotopic (exact) mass is 327 g/mol. The van der Waals surface area contributed by atoms with E-state index in [2.05, 4.69) is 27.6 Å². The summed E-state index contributed by atoms with van der Waals surface area (Å²) in [5, 5.41) is 5.57. The predicted molar refractivity (Wildman–Crippen MR) is 72.7 cm³/mol. The zero-order chi connectivity index (χ0) is 11.7. The van der Waals surface area contributed by atoms with Crippen molar-refractivity contribution in [2.24, 2.45) is 5.73 Å². The van der Waals surface area contributed by atoms with Crippen LogP contribution in [-0.4, -0.2) is 15.6 Å². The van der Waals surface area contributed by atoms with Gasteiger partial charge >= 0.3 is 0 Å². The van der Waals surface area contributed by atoms with Gasteiger partial charge in [-0.15, -0.1) is 0 Å². The molecule has 2 rings (SSSR count). The molecular weight excluding hydrogens is 315 g/mol. The highest BCUT2D eigenvalue weighted by Gasteiger charge is 2.07. The number of allylic oxidation sites excluding steroid dienone is 2. The summed E-state index contributed by atoms with van der Waals surface area (Å²) in [5.74, 6) is 0. The van der Waals surface area contributed by atoms with E-state index < -0.39 is 0 Å². The van der Waals surface area contributed by atoms with Crippen molar-refractivity contribution >= 4 is 40.0 Å². The van der Waals surface area contributed by atoms with Crippen LogP contribution >= 0.6 is 22.6 Å². The van der Waals surface area contributed by atoms with Crippen LogP contribution in [0.3, 0.4) is 0 Å². The standard InChI is InChI=1S/C11H11IN4/c1-7(14)9(4-13)8-2-3-11-15-5-10(12)16(11)6-8/h2-6,13H,14H2,1H3/p+1. The fourth-order valence-electron chi connectivity index (χ4n) is 1.57. The molecule has 0 aliphatic rings. The summed E-state index contributed by atoms with van der Waals surface area (Å²) in [4.78, 5) is 4.26. The molecule has 0 aromatic carbocycles. The highest BCUT2D eigenvalue weighted by atomic mass is 127. The molecular formula is C11H12IN4+. The number of halogens is 1. The maximum absolute atomic E-state index is 5.78. The summed E-state index contributed by atoms with van der Waals surface area (Å²) in [6.45, 7) is 1.84. The number of hydrogen-bond acceptors (Lipinski definition) is 2. The van der Waals surface area contributed by atoms with Crippen LogP contribution in [0.4, 0.5) is 0 Å². The first-order valence-electron chi connectivity index (χ1n) is 4.77. The van der Waals surface area contributed by atoms with Gasteiger partial charge in [0.05, 0.1) is 11.8 Å². The van der Waals surface area contributed by atoms with Crippen molar-refractivity contribution in [3.05, 3.63) is 39.5 Å². The molecule has 0 saturated heterocycles. The summed E-state index contributed by atoms with van der Waals surface area (Å²) < 4.78 is 3.06. The highest BCUT2D eigenvalue weighted by molar-refractivity contribution is 14.1. The fourth-order valence-corrected chi connectivity index (χ4v) is 2.09. The van der Waals surface area contributed by atoms with Crippen molar-refractivity contribution in [2.75, 3.05) is 0 Å². The second-order valence-corrected chi connectivity index (χ2v) is 4.60. The minimum absolute atomic E-state index is 0.706. The molecule has 0 spiro atoms. The second-order valence-electron chi connectivity index (χ2n) is 3.49. The first kappa shape index (κ1) is 11.1. The molecule has 2 aromatic heterocycles. The SMILES string of the molecule is CC(N)=C(C=[NH2+])c1ccc2ncc(I)n2c1. The van der Waals surface area contributed by atoms with E-state index in [4.69, 9.17) is 11.1 Å². The molecule has 0 saturated carbocycles. The van der Waals surface area contributed by atoms with Crippen molar-refractivity contribution in [3.8, 4) is 0 Å². The lowest BCUT2D eigenvalue weighted by Crippen LogP contribution is -2.30. The maximum Gasteiger partial charge on any atom is 0.169 e. The molecule has 0 fully saturated rings. The van der Waals surface area contributed by atoms with Gasteiger partial charge in [0.2, 0.25) is 0 Å². The normalized spacial score (nSPS) is 12.6. The van der Waals surface area contributed by atoms with Gasteiger partial charge in [0.15, 0.2) is 6.21 Å². The Morgan fingerprint density at radius 3 is 2.94 bits per heavy atom. The van der Waals surface area contributed by atoms with Crippen LogP contribution in [0, 0.1) is 3.70 Å². The molecule has 0 unspecified atom stereocenters. The summed E-state index contributed by atoms with van der Waals surface area (Å²) in [7, 11) is 0. The van der Waals surface area contributed by atoms with Gasteiger partial charge in [-0.2, -0.15) is 0 Å². The molecule has 5 heteroatoms. The Morgan fingerprint density at radius 1 is 1.56 bits per heavy atom. The zero-order valence-electron chi connectivity index (χ0n) is 8.81. The molecule has 0 amide bonds. The Labute approximate surface area is 107 Å². The van der Waals surface area contributed by atoms with E-state index in [0.29, 0.717) is 5.70 Å². The summed E-state index contributed by atoms with van der Waals surface area (Å²) in [6.07, 6.45) is 5.34. The zero-order valence-corrected chi connectivity index (χ0v) is 11.0. The average molecular weight is 327 g/mol. The quantitative estimate of drug-likeness (QED) is 0.621. The Kier molecular flexibility index (Phi) is 2.95. The third-order valence-corrected chi connectivity index (χ3v) is 3.16. The molecule has 0 aliphatic carbocycles. The Balaban J connectivity index is 2.66. The van der Waals surface area contributed by atoms with Crippen LogP contribution in [0.25, 0.3) is 11.2 Å². The van der Waals surface area contributed by atoms with E-state index in [1.54, 1.807) is 0 Å². The topological polar surface area (TPSA) is 68.9 Å². The Morgan fingerprint density at radius 2 is 2.31 bits per heavy atom. The van der Waals surface area contributed by atoms with Gasteiger partial charge in [0, 0.05) is 17.5 Å². The molecule has 0 bridgehead atoms. The van der Waals surface area contributed by atoms with Crippen LogP contribution in [0.1, 0.15) is 12.5 Å². The molecule has 2 aromatic rings. The van der Waals surface area contributed by atoms with Crippen molar-refractivity contribution in [2.45, 2.75) is 6.92 Å². The predicted octanol–water partition coefficient (Wildman–Crippen LogP) is 0.459. The van der Waals surface area contributed by atoms with Gasteiger partial charge in [0.1, 0.15) is 9.35 Å². The Hall–Kier alpha value is -1.37. The number of imidazole rings is 1. The van der Waals surface area contributed by atoms with Gasteiger partial charge in [-0.25, -0.2) is 4.98 Å². The van der Waals surface area contributed by atoms with Gasteiger partial charge in [-0.05, 0) is 41.6 Å². The van der Waals surface area contributed by atoms with E-state index in [0.717, 1.165) is 20.5 Å². The third kappa shape index (κ3) is 1.82. The smallest absolute Gasteiger partial charge is 0.169 e. The van der Waals surface area contributed by atoms with Crippen molar-refractivity contribution in [3.63, 3.8) is 0 Å². The lowest BCUT2D eigenvalue weighted by atomic mass is 10.1. The number of pyridine rings is 1. The highest BCUT2D eigenvalue weighted by Crippen LogP contribution is 2.17. The van der Waals surface area contributed by atoms with Crippen molar-refractivity contribution < 1.29 is 5.41 Å². The van der Waals surface area contributed by atoms with Gasteiger partial charge in [0.25, 0.3) is 0 Å². The first-order valence-corrected chi connectivity index (χ1v) is 5.85. The number of rotatable bonds is 2. The summed E-state index contributed by atoms with van der Waals surface area (Å²) >= 11 is 2.23. The average Bonchev–Trinajstić information content (AvgIpc) is 2.61. The van der Waals surface area contributed by atoms with Crippen LogP contribution < -0.4 is 11.1 Å². The fraction of sp³-hybridized carbons (Fsp3) is 0.0909. The van der Waals surface area contributed by atoms with Crippen molar-refractivity contribution in [1.29, 1.82) is 0 Å². The van der Waals surface area contributed by atoms with Crippen LogP contribution in [0.2, 0.25) is 0 Å². The van der Waals surface area contributed by atoms with E-state index in [1.807, 2.05) is 35.9 Å². The molecule has 0 aliphatic heterocycles. The minimum Gasteiger partial charge on any atom is -0.402 e. The molecule has 0 radical (unpaired) electrons. The van der Waals surface area contributed by atoms with E-state index in [9.17, 15) is 0 Å². The molecule has 4 nitrogen and oxygen atoms in total. The van der Waals surface area contributed by atoms with Crippen molar-refractivity contribution in [1.82, 2.24) is 9.38 Å². The number of nitrogens with zero attached hydrogens (tertiary/aromatic N) is 2. The molecule has 82 valence electrons. The number of aromatic nitrogens is 2. The van der Waals surface area contributed by atoms with E-state index in [1.165, 1.54) is 6.21 Å². The third-order valence-electron chi connectivity index (χ3n) is 2.36. The van der Waals surface area contributed by atoms with Gasteiger partial charge in [-0.3, -0.25) is 9.81 Å². The van der Waals surface area contributed by atoms with Crippen LogP contribution in [-0.2, 0) is 0 Å². The summed E-state index contributed by atoms with van der Waals surface area (Å²) in [6, 6.07) is 3.91. The maximum atomic E-state index is 5.78. The molecule has 16 heavy (non-hydrogen) atoms. The first-order chi connectivity index (χ1) is 7.63. The molecule has 4 N–H and O–H groups in total. The molecule has 0 atom stereocenters. The van der Waals surface area contributed by atoms with E-state index in [-0.39, 0.29) is 0 Å². The van der Waals surface area contributed by atoms with Gasteiger partial charge in [-0.1, -0.05) is 0 Å². The number of hydrogen-bond donors (Lipinski definition) is 2. The number of fused-ring (bicyclic) bond motifs is 1. The lowest BCUT2D eigenvalue weighted by Gasteiger charge is -2.03. The lowest BCUT2D eigenvalue weighted by molar-refractivity contribution is -0.103. The summed E-state index contributed by atoms with van der Waals surface area (Å²) in [5.41, 5.74) is 9.24. The Bertz CT molecular complexity index is 579. The van der Waals surface area contributed by atoms with E-state index >= 15 is 0 Å². The second kappa shape index (κ2) is 4.25. The number of nitrogens with two attached hydrogens (primary N) is 2. The molecule has 2 heterocycles.